The predicted octanol–water partition coefficient (Wildman–Crippen LogP) is 2.40. The molecule has 0 saturated carbocycles. The first-order valence-corrected chi connectivity index (χ1v) is 13.2. The lowest BCUT2D eigenvalue weighted by atomic mass is 10.1. The fraction of sp³-hybridized carbons (Fsp3) is 0.345. The van der Waals surface area contributed by atoms with E-state index in [0.29, 0.717) is 30.5 Å². The number of imide groups is 1. The Morgan fingerprint density at radius 2 is 1.60 bits per heavy atom. The average molecular weight is 546 g/mol. The number of nitrogens with zero attached hydrogens (tertiary/aromatic N) is 3. The van der Waals surface area contributed by atoms with Crippen molar-refractivity contribution in [3.63, 3.8) is 0 Å². The highest BCUT2D eigenvalue weighted by Gasteiger charge is 2.41. The largest absolute Gasteiger partial charge is 0.354 e. The third-order valence-electron chi connectivity index (χ3n) is 7.12. The van der Waals surface area contributed by atoms with Crippen LogP contribution in [-0.4, -0.2) is 77.4 Å². The number of ether oxygens (including phenoxy) is 2. The second-order valence-corrected chi connectivity index (χ2v) is 9.70. The van der Waals surface area contributed by atoms with Crippen LogP contribution in [0.4, 0.5) is 0 Å². The molecular weight excluding hydrogens is 514 g/mol. The number of benzene rings is 2. The molecule has 0 aliphatic carbocycles. The zero-order chi connectivity index (χ0) is 28.2. The van der Waals surface area contributed by atoms with Crippen LogP contribution in [0, 0.1) is 0 Å². The molecule has 3 aromatic rings. The number of amides is 4. The summed E-state index contributed by atoms with van der Waals surface area (Å²) in [7, 11) is 1.51. The summed E-state index contributed by atoms with van der Waals surface area (Å²) in [6.07, 6.45) is 0.573. The van der Waals surface area contributed by atoms with Crippen LogP contribution >= 0.6 is 0 Å². The number of carbonyl (C=O) groups excluding carboxylic acids is 4. The Hall–Kier alpha value is -4.35. The molecule has 2 N–H and O–H groups in total. The second-order valence-electron chi connectivity index (χ2n) is 9.70. The molecule has 2 aromatic carbocycles. The van der Waals surface area contributed by atoms with Crippen molar-refractivity contribution >= 4 is 23.6 Å². The number of aromatic nitrogens is 2. The number of hydrogen-bond donors (Lipinski definition) is 2. The lowest BCUT2D eigenvalue weighted by molar-refractivity contribution is -0.199. The van der Waals surface area contributed by atoms with E-state index in [0.717, 1.165) is 5.56 Å². The molecule has 11 nitrogen and oxygen atoms in total. The Kier molecular flexibility index (Phi) is 8.04. The standard InChI is InChI=1S/C29H31N5O6/c1-18(19-9-4-3-5-10-19)34-24(15-23(32-34)26(35)30-2)27(36)31-14-8-13-25-39-16-20(17-40-25)33-28(37)21-11-6-7-12-22(21)29(33)38/h3-7,9-12,15,18,20,25H,8,13-14,16-17H2,1-2H3,(H,30,35)(H,31,36)/t18-,20?,25?/m0/s1. The minimum Gasteiger partial charge on any atom is -0.354 e. The number of fused-ring (bicyclic) bond motifs is 1. The molecule has 0 spiro atoms. The lowest BCUT2D eigenvalue weighted by Crippen LogP contribution is -2.49. The highest BCUT2D eigenvalue weighted by Crippen LogP contribution is 2.27. The Balaban J connectivity index is 1.13. The molecule has 5 rings (SSSR count). The maximum Gasteiger partial charge on any atom is 0.271 e. The summed E-state index contributed by atoms with van der Waals surface area (Å²) < 4.78 is 13.1. The lowest BCUT2D eigenvalue weighted by Gasteiger charge is -2.33. The van der Waals surface area contributed by atoms with Crippen LogP contribution < -0.4 is 10.6 Å². The molecule has 3 heterocycles. The molecule has 4 amide bonds. The van der Waals surface area contributed by atoms with E-state index in [2.05, 4.69) is 15.7 Å². The average Bonchev–Trinajstić information content (AvgIpc) is 3.55. The van der Waals surface area contributed by atoms with Gasteiger partial charge in [-0.25, -0.2) is 0 Å². The molecule has 11 heteroatoms. The summed E-state index contributed by atoms with van der Waals surface area (Å²) >= 11 is 0. The zero-order valence-electron chi connectivity index (χ0n) is 22.3. The van der Waals surface area contributed by atoms with Crippen LogP contribution in [0.25, 0.3) is 0 Å². The van der Waals surface area contributed by atoms with Crippen LogP contribution in [0.3, 0.4) is 0 Å². The maximum absolute atomic E-state index is 13.1. The van der Waals surface area contributed by atoms with Crippen molar-refractivity contribution in [2.24, 2.45) is 0 Å². The monoisotopic (exact) mass is 545 g/mol. The topological polar surface area (TPSA) is 132 Å². The summed E-state index contributed by atoms with van der Waals surface area (Å²) in [5.74, 6) is -1.39. The van der Waals surface area contributed by atoms with Crippen molar-refractivity contribution in [1.29, 1.82) is 0 Å². The molecule has 2 aliphatic rings. The SMILES string of the molecule is CNC(=O)c1cc(C(=O)NCCCC2OCC(N3C(=O)c4ccccc4C3=O)CO2)n([C@@H](C)c2ccccc2)n1. The summed E-state index contributed by atoms with van der Waals surface area (Å²) in [6, 6.07) is 17.1. The number of rotatable bonds is 9. The highest BCUT2D eigenvalue weighted by molar-refractivity contribution is 6.21. The minimum absolute atomic E-state index is 0.159. The molecule has 0 radical (unpaired) electrons. The maximum atomic E-state index is 13.1. The van der Waals surface area contributed by atoms with Crippen molar-refractivity contribution in [3.8, 4) is 0 Å². The number of carbonyl (C=O) groups is 4. The van der Waals surface area contributed by atoms with Gasteiger partial charge in [0.1, 0.15) is 5.69 Å². The Labute approximate surface area is 231 Å². The van der Waals surface area contributed by atoms with Crippen molar-refractivity contribution < 1.29 is 28.7 Å². The molecule has 0 unspecified atom stereocenters. The Bertz CT molecular complexity index is 1380. The summed E-state index contributed by atoms with van der Waals surface area (Å²) in [5.41, 5.74) is 2.19. The van der Waals surface area contributed by atoms with Gasteiger partial charge in [0.05, 0.1) is 36.4 Å². The summed E-state index contributed by atoms with van der Waals surface area (Å²) in [4.78, 5) is 51.9. The fourth-order valence-electron chi connectivity index (χ4n) is 4.92. The molecule has 1 fully saturated rings. The van der Waals surface area contributed by atoms with Crippen molar-refractivity contribution in [2.45, 2.75) is 38.1 Å². The van der Waals surface area contributed by atoms with Crippen molar-refractivity contribution in [1.82, 2.24) is 25.3 Å². The molecular formula is C29H31N5O6. The first-order valence-electron chi connectivity index (χ1n) is 13.2. The van der Waals surface area contributed by atoms with E-state index in [-0.39, 0.29) is 54.3 Å². The molecule has 40 heavy (non-hydrogen) atoms. The smallest absolute Gasteiger partial charge is 0.271 e. The molecule has 1 atom stereocenters. The van der Waals surface area contributed by atoms with E-state index in [4.69, 9.17) is 9.47 Å². The fourth-order valence-corrected chi connectivity index (χ4v) is 4.92. The van der Waals surface area contributed by atoms with Crippen molar-refractivity contribution in [2.75, 3.05) is 26.8 Å². The van der Waals surface area contributed by atoms with Gasteiger partial charge in [0.25, 0.3) is 23.6 Å². The van der Waals surface area contributed by atoms with Crippen molar-refractivity contribution in [3.05, 3.63) is 88.7 Å². The van der Waals surface area contributed by atoms with E-state index in [1.165, 1.54) is 18.0 Å². The quantitative estimate of drug-likeness (QED) is 0.312. The normalized spacial score (nSPS) is 19.3. The molecule has 2 aliphatic heterocycles. The minimum atomic E-state index is -0.508. The van der Waals surface area contributed by atoms with Crippen LogP contribution in [0.15, 0.2) is 60.7 Å². The van der Waals surface area contributed by atoms with Gasteiger partial charge in [0, 0.05) is 26.1 Å². The van der Waals surface area contributed by atoms with Crippen LogP contribution in [-0.2, 0) is 9.47 Å². The van der Waals surface area contributed by atoms with E-state index in [1.807, 2.05) is 37.3 Å². The first-order chi connectivity index (χ1) is 19.4. The summed E-state index contributed by atoms with van der Waals surface area (Å²) in [5, 5.41) is 9.83. The van der Waals surface area contributed by atoms with Gasteiger partial charge in [-0.15, -0.1) is 0 Å². The molecule has 0 bridgehead atoms. The van der Waals surface area contributed by atoms with Gasteiger partial charge in [-0.2, -0.15) is 5.10 Å². The molecule has 1 aromatic heterocycles. The Morgan fingerprint density at radius 3 is 2.23 bits per heavy atom. The van der Waals surface area contributed by atoms with Gasteiger partial charge in [0.2, 0.25) is 0 Å². The third-order valence-corrected chi connectivity index (χ3v) is 7.12. The van der Waals surface area contributed by atoms with Gasteiger partial charge < -0.3 is 20.1 Å². The zero-order valence-corrected chi connectivity index (χ0v) is 22.3. The van der Waals surface area contributed by atoms with Gasteiger partial charge >= 0.3 is 0 Å². The predicted molar refractivity (Wildman–Crippen MR) is 144 cm³/mol. The second kappa shape index (κ2) is 11.8. The van der Waals surface area contributed by atoms with E-state index >= 15 is 0 Å². The number of nitrogens with one attached hydrogen (secondary N) is 2. The van der Waals surface area contributed by atoms with Gasteiger partial charge in [-0.05, 0) is 31.0 Å². The van der Waals surface area contributed by atoms with Gasteiger partial charge in [-0.1, -0.05) is 42.5 Å². The van der Waals surface area contributed by atoms with E-state index in [1.54, 1.807) is 28.9 Å². The van der Waals surface area contributed by atoms with Crippen LogP contribution in [0.1, 0.15) is 73.1 Å². The molecule has 1 saturated heterocycles. The van der Waals surface area contributed by atoms with Gasteiger partial charge in [-0.3, -0.25) is 28.8 Å². The van der Waals surface area contributed by atoms with E-state index in [9.17, 15) is 19.2 Å². The number of hydrogen-bond acceptors (Lipinski definition) is 7. The van der Waals surface area contributed by atoms with E-state index < -0.39 is 12.3 Å². The molecule has 208 valence electrons. The Morgan fingerprint density at radius 1 is 0.975 bits per heavy atom. The van der Waals surface area contributed by atoms with Gasteiger partial charge in [0.15, 0.2) is 12.0 Å². The highest BCUT2D eigenvalue weighted by atomic mass is 16.7. The van der Waals surface area contributed by atoms with Crippen LogP contribution in [0.2, 0.25) is 0 Å². The van der Waals surface area contributed by atoms with Crippen LogP contribution in [0.5, 0.6) is 0 Å². The summed E-state index contributed by atoms with van der Waals surface area (Å²) in [6.45, 7) is 2.63. The first kappa shape index (κ1) is 27.2. The third kappa shape index (κ3) is 5.38.